The van der Waals surface area contributed by atoms with Crippen molar-refractivity contribution < 1.29 is 17.0 Å². The molecule has 0 radical (unpaired) electrons. The molecule has 0 unspecified atom stereocenters. The van der Waals surface area contributed by atoms with E-state index in [4.69, 9.17) is 4.52 Å². The minimum Gasteiger partial charge on any atom is -0.286 e. The summed E-state index contributed by atoms with van der Waals surface area (Å²) in [7, 11) is -3.08. The predicted molar refractivity (Wildman–Crippen MR) is 47.5 cm³/mol. The van der Waals surface area contributed by atoms with Crippen molar-refractivity contribution in [3.8, 4) is 0 Å². The van der Waals surface area contributed by atoms with E-state index in [1.54, 1.807) is 0 Å². The molecular formula is C6H13O4PS. The van der Waals surface area contributed by atoms with E-state index >= 15 is 0 Å². The second-order valence-corrected chi connectivity index (χ2v) is 5.04. The molecule has 0 aliphatic carbocycles. The average molecular weight is 212 g/mol. The van der Waals surface area contributed by atoms with Gasteiger partial charge in [-0.15, -0.1) is 0 Å². The van der Waals surface area contributed by atoms with Crippen LogP contribution in [0.3, 0.4) is 0 Å². The van der Waals surface area contributed by atoms with Gasteiger partial charge in [0.25, 0.3) is 0 Å². The maximum atomic E-state index is 11.0. The fraction of sp³-hybridized carbons (Fsp3) is 1.00. The van der Waals surface area contributed by atoms with Crippen LogP contribution in [0.15, 0.2) is 0 Å². The topological polar surface area (TPSA) is 44.8 Å². The predicted octanol–water partition coefficient (Wildman–Crippen LogP) is 3.30. The Bertz CT molecular complexity index is 167. The summed E-state index contributed by atoms with van der Waals surface area (Å²) in [6.07, 6.45) is 4.38. The van der Waals surface area contributed by atoms with E-state index < -0.39 is 7.82 Å². The minimum absolute atomic E-state index is 0.456. The molecule has 1 aliphatic heterocycles. The van der Waals surface area contributed by atoms with Crippen molar-refractivity contribution in [1.82, 2.24) is 0 Å². The Kier molecular flexibility index (Phi) is 4.61. The maximum absolute atomic E-state index is 11.0. The van der Waals surface area contributed by atoms with Crippen molar-refractivity contribution >= 4 is 20.1 Å². The van der Waals surface area contributed by atoms with E-state index in [1.807, 2.05) is 0 Å². The Morgan fingerprint density at radius 1 is 1.33 bits per heavy atom. The molecule has 0 saturated carbocycles. The van der Waals surface area contributed by atoms with Crippen LogP contribution < -0.4 is 0 Å². The van der Waals surface area contributed by atoms with Gasteiger partial charge in [0.05, 0.1) is 6.61 Å². The van der Waals surface area contributed by atoms with E-state index in [1.165, 1.54) is 12.8 Å². The highest BCUT2D eigenvalue weighted by molar-refractivity contribution is 8.02. The van der Waals surface area contributed by atoms with Crippen LogP contribution in [0.2, 0.25) is 0 Å². The summed E-state index contributed by atoms with van der Waals surface area (Å²) < 4.78 is 25.0. The lowest BCUT2D eigenvalue weighted by atomic mass is 10.2. The van der Waals surface area contributed by atoms with Crippen molar-refractivity contribution in [2.75, 3.05) is 6.61 Å². The van der Waals surface area contributed by atoms with Gasteiger partial charge in [-0.2, -0.15) is 7.94 Å². The summed E-state index contributed by atoms with van der Waals surface area (Å²) in [5.41, 5.74) is 0. The van der Waals surface area contributed by atoms with Crippen molar-refractivity contribution in [3.05, 3.63) is 0 Å². The fourth-order valence-corrected chi connectivity index (χ4v) is 2.17. The van der Waals surface area contributed by atoms with Gasteiger partial charge in [-0.05, 0) is 6.42 Å². The van der Waals surface area contributed by atoms with Crippen LogP contribution in [0, 0.1) is 0 Å². The highest BCUT2D eigenvalue weighted by Gasteiger charge is 2.38. The minimum atomic E-state index is -3.08. The molecule has 0 aromatic rings. The van der Waals surface area contributed by atoms with Crippen molar-refractivity contribution in [2.45, 2.75) is 32.6 Å². The molecule has 1 saturated heterocycles. The number of hydrogen-bond donors (Lipinski definition) is 0. The van der Waals surface area contributed by atoms with Gasteiger partial charge < -0.3 is 0 Å². The van der Waals surface area contributed by atoms with Crippen LogP contribution in [0.1, 0.15) is 32.6 Å². The molecule has 0 atom stereocenters. The van der Waals surface area contributed by atoms with Gasteiger partial charge in [-0.1, -0.05) is 26.2 Å². The zero-order valence-corrected chi connectivity index (χ0v) is 8.73. The van der Waals surface area contributed by atoms with Gasteiger partial charge in [0.15, 0.2) is 12.3 Å². The molecule has 1 aliphatic rings. The number of phosphoric acid groups is 1. The molecule has 0 N–H and O–H groups in total. The molecule has 4 nitrogen and oxygen atoms in total. The van der Waals surface area contributed by atoms with E-state index in [0.717, 1.165) is 25.2 Å². The van der Waals surface area contributed by atoms with Gasteiger partial charge in [-0.25, -0.2) is 4.57 Å². The lowest BCUT2D eigenvalue weighted by Gasteiger charge is -2.21. The van der Waals surface area contributed by atoms with Crippen molar-refractivity contribution in [3.63, 3.8) is 0 Å². The molecule has 0 spiro atoms. The molecule has 1 fully saturated rings. The molecule has 0 aromatic carbocycles. The fourth-order valence-electron chi connectivity index (χ4n) is 0.828. The Morgan fingerprint density at radius 3 is 2.58 bits per heavy atom. The van der Waals surface area contributed by atoms with E-state index in [9.17, 15) is 4.57 Å². The third-order valence-electron chi connectivity index (χ3n) is 1.49. The van der Waals surface area contributed by atoms with Crippen LogP contribution in [-0.2, 0) is 17.0 Å². The number of rotatable bonds is 6. The van der Waals surface area contributed by atoms with Crippen LogP contribution in [0.25, 0.3) is 0 Å². The highest BCUT2D eigenvalue weighted by atomic mass is 32.2. The largest absolute Gasteiger partial charge is 0.501 e. The maximum Gasteiger partial charge on any atom is 0.501 e. The summed E-state index contributed by atoms with van der Waals surface area (Å²) in [6, 6.07) is 0. The normalized spacial score (nSPS) is 20.4. The Hall–Kier alpha value is 0.460. The van der Waals surface area contributed by atoms with Crippen LogP contribution >= 0.6 is 20.1 Å². The second-order valence-electron chi connectivity index (χ2n) is 2.56. The number of hydrogen-bond acceptors (Lipinski definition) is 5. The monoisotopic (exact) mass is 212 g/mol. The zero-order valence-electron chi connectivity index (χ0n) is 7.02. The molecule has 1 rings (SSSR count). The Balaban J connectivity index is 1.92. The first-order valence-corrected chi connectivity index (χ1v) is 6.19. The van der Waals surface area contributed by atoms with E-state index in [0.29, 0.717) is 6.61 Å². The third-order valence-corrected chi connectivity index (χ3v) is 3.94. The van der Waals surface area contributed by atoms with Crippen LogP contribution in [-0.4, -0.2) is 6.61 Å². The standard InChI is InChI=1S/C6H13O4PS/c1-2-3-4-5-6-8-11(7)9-12-10-11/h2-6H2,1H3. The van der Waals surface area contributed by atoms with E-state index in [-0.39, 0.29) is 0 Å². The third kappa shape index (κ3) is 3.46. The first-order chi connectivity index (χ1) is 5.77. The summed E-state index contributed by atoms with van der Waals surface area (Å²) in [4.78, 5) is 0. The average Bonchev–Trinajstić information content (AvgIpc) is 2.01. The molecule has 1 heterocycles. The first kappa shape index (κ1) is 10.5. The van der Waals surface area contributed by atoms with Gasteiger partial charge in [0.2, 0.25) is 0 Å². The molecule has 12 heavy (non-hydrogen) atoms. The molecule has 6 heteroatoms. The summed E-state index contributed by atoms with van der Waals surface area (Å²) in [6.45, 7) is 2.59. The zero-order chi connectivity index (χ0) is 8.86. The molecule has 0 bridgehead atoms. The van der Waals surface area contributed by atoms with Gasteiger partial charge >= 0.3 is 7.82 Å². The number of unbranched alkanes of at least 4 members (excludes halogenated alkanes) is 3. The van der Waals surface area contributed by atoms with Crippen LogP contribution in [0.5, 0.6) is 0 Å². The molecule has 0 amide bonds. The lowest BCUT2D eigenvalue weighted by molar-refractivity contribution is 0.190. The summed E-state index contributed by atoms with van der Waals surface area (Å²) in [5, 5.41) is 0. The quantitative estimate of drug-likeness (QED) is 0.384. The van der Waals surface area contributed by atoms with Gasteiger partial charge in [0, 0.05) is 0 Å². The Labute approximate surface area is 77.0 Å². The lowest BCUT2D eigenvalue weighted by Crippen LogP contribution is -2.01. The summed E-state index contributed by atoms with van der Waals surface area (Å²) >= 11 is 0.724. The first-order valence-electron chi connectivity index (χ1n) is 4.06. The highest BCUT2D eigenvalue weighted by Crippen LogP contribution is 2.65. The smallest absolute Gasteiger partial charge is 0.286 e. The molecular weight excluding hydrogens is 199 g/mol. The molecule has 0 aromatic heterocycles. The molecule has 72 valence electrons. The van der Waals surface area contributed by atoms with Crippen molar-refractivity contribution in [2.24, 2.45) is 0 Å². The Morgan fingerprint density at radius 2 is 2.08 bits per heavy atom. The van der Waals surface area contributed by atoms with Gasteiger partial charge in [-0.3, -0.25) is 4.52 Å². The van der Waals surface area contributed by atoms with Gasteiger partial charge in [0.1, 0.15) is 0 Å². The van der Waals surface area contributed by atoms with Crippen molar-refractivity contribution in [1.29, 1.82) is 0 Å². The second kappa shape index (κ2) is 5.25. The van der Waals surface area contributed by atoms with Crippen LogP contribution in [0.4, 0.5) is 0 Å². The summed E-state index contributed by atoms with van der Waals surface area (Å²) in [5.74, 6) is 0. The SMILES string of the molecule is CCCCCCOP1(=O)OSO1. The van der Waals surface area contributed by atoms with E-state index in [2.05, 4.69) is 14.9 Å².